The molecular formula is C20H25ClN3O2+. The van der Waals surface area contributed by atoms with E-state index in [4.69, 9.17) is 16.3 Å². The number of nitrogens with one attached hydrogen (secondary N) is 2. The van der Waals surface area contributed by atoms with Crippen molar-refractivity contribution < 1.29 is 14.4 Å². The Balaban J connectivity index is 1.44. The van der Waals surface area contributed by atoms with Gasteiger partial charge in [-0.1, -0.05) is 29.8 Å². The summed E-state index contributed by atoms with van der Waals surface area (Å²) in [5.74, 6) is 0.951. The van der Waals surface area contributed by atoms with Crippen molar-refractivity contribution in [3.63, 3.8) is 0 Å². The molecule has 6 heteroatoms. The lowest BCUT2D eigenvalue weighted by atomic mass is 10.2. The second-order valence-electron chi connectivity index (χ2n) is 6.52. The highest BCUT2D eigenvalue weighted by Crippen LogP contribution is 2.20. The first-order chi connectivity index (χ1) is 12.6. The summed E-state index contributed by atoms with van der Waals surface area (Å²) in [5, 5.41) is 3.67. The molecule has 1 heterocycles. The first-order valence-corrected chi connectivity index (χ1v) is 9.25. The van der Waals surface area contributed by atoms with Gasteiger partial charge in [0.2, 0.25) is 0 Å². The summed E-state index contributed by atoms with van der Waals surface area (Å²) in [6.07, 6.45) is 0. The number of carbonyl (C=O) groups is 1. The van der Waals surface area contributed by atoms with Gasteiger partial charge in [0.15, 0.2) is 6.54 Å². The molecule has 2 aromatic rings. The quantitative estimate of drug-likeness (QED) is 0.802. The minimum atomic E-state index is 0.0785. The molecule has 0 spiro atoms. The predicted molar refractivity (Wildman–Crippen MR) is 104 cm³/mol. The highest BCUT2D eigenvalue weighted by Gasteiger charge is 2.22. The zero-order valence-corrected chi connectivity index (χ0v) is 15.8. The molecule has 0 unspecified atom stereocenters. The van der Waals surface area contributed by atoms with Crippen LogP contribution in [0, 0.1) is 0 Å². The second kappa shape index (κ2) is 8.92. The van der Waals surface area contributed by atoms with Crippen molar-refractivity contribution in [3.8, 4) is 5.75 Å². The molecule has 1 saturated heterocycles. The van der Waals surface area contributed by atoms with Crippen LogP contribution in [0.4, 0.5) is 5.69 Å². The number of halogens is 1. The third-order valence-electron chi connectivity index (χ3n) is 4.68. The lowest BCUT2D eigenvalue weighted by molar-refractivity contribution is -0.892. The third kappa shape index (κ3) is 5.13. The molecule has 1 fully saturated rings. The van der Waals surface area contributed by atoms with E-state index in [2.05, 4.69) is 22.3 Å². The maximum Gasteiger partial charge on any atom is 0.275 e. The number of carbonyl (C=O) groups excluding carboxylic acids is 1. The van der Waals surface area contributed by atoms with Crippen molar-refractivity contribution in [2.24, 2.45) is 0 Å². The van der Waals surface area contributed by atoms with Crippen LogP contribution in [-0.2, 0) is 11.3 Å². The number of piperazine rings is 1. The highest BCUT2D eigenvalue weighted by atomic mass is 35.5. The molecule has 0 atom stereocenters. The summed E-state index contributed by atoms with van der Waals surface area (Å²) in [6, 6.07) is 15.7. The molecule has 0 radical (unpaired) electrons. The molecule has 1 amide bonds. The zero-order valence-electron chi connectivity index (χ0n) is 15.0. The second-order valence-corrected chi connectivity index (χ2v) is 6.96. The number of quaternary nitrogens is 1. The molecule has 2 aromatic carbocycles. The van der Waals surface area contributed by atoms with Crippen molar-refractivity contribution in [2.45, 2.75) is 6.54 Å². The van der Waals surface area contributed by atoms with Gasteiger partial charge >= 0.3 is 0 Å². The molecule has 138 valence electrons. The van der Waals surface area contributed by atoms with E-state index in [1.165, 1.54) is 10.6 Å². The van der Waals surface area contributed by atoms with Crippen LogP contribution in [0.3, 0.4) is 0 Å². The zero-order chi connectivity index (χ0) is 18.4. The number of hydrogen-bond acceptors (Lipinski definition) is 3. The van der Waals surface area contributed by atoms with E-state index >= 15 is 0 Å². The monoisotopic (exact) mass is 374 g/mol. The Morgan fingerprint density at radius 3 is 2.69 bits per heavy atom. The molecule has 0 aromatic heterocycles. The van der Waals surface area contributed by atoms with E-state index in [1.807, 2.05) is 36.4 Å². The maximum atomic E-state index is 12.2. The van der Waals surface area contributed by atoms with Gasteiger partial charge in [-0.2, -0.15) is 0 Å². The predicted octanol–water partition coefficient (Wildman–Crippen LogP) is 1.37. The number of rotatable bonds is 6. The number of benzene rings is 2. The molecular weight excluding hydrogens is 350 g/mol. The van der Waals surface area contributed by atoms with E-state index in [-0.39, 0.29) is 5.91 Å². The van der Waals surface area contributed by atoms with Crippen LogP contribution in [0.25, 0.3) is 0 Å². The van der Waals surface area contributed by atoms with Crippen molar-refractivity contribution in [1.29, 1.82) is 0 Å². The highest BCUT2D eigenvalue weighted by molar-refractivity contribution is 6.30. The SMILES string of the molecule is COc1cccc(N2CC[NH+](CC(=O)NCc3cccc(Cl)c3)CC2)c1. The maximum absolute atomic E-state index is 12.2. The summed E-state index contributed by atoms with van der Waals surface area (Å²) >= 11 is 5.97. The molecule has 1 aliphatic heterocycles. The fourth-order valence-corrected chi connectivity index (χ4v) is 3.42. The van der Waals surface area contributed by atoms with Crippen LogP contribution < -0.4 is 19.9 Å². The Hall–Kier alpha value is -2.24. The van der Waals surface area contributed by atoms with Gasteiger partial charge in [0.1, 0.15) is 5.75 Å². The lowest BCUT2D eigenvalue weighted by Crippen LogP contribution is -3.15. The van der Waals surface area contributed by atoms with Crippen molar-refractivity contribution in [2.75, 3.05) is 44.7 Å². The van der Waals surface area contributed by atoms with Crippen LogP contribution in [0.5, 0.6) is 5.75 Å². The third-order valence-corrected chi connectivity index (χ3v) is 4.91. The number of hydrogen-bond donors (Lipinski definition) is 2. The van der Waals surface area contributed by atoms with Gasteiger partial charge in [0.25, 0.3) is 5.91 Å². The number of ether oxygens (including phenoxy) is 1. The Kier molecular flexibility index (Phi) is 6.36. The average molecular weight is 375 g/mol. The first-order valence-electron chi connectivity index (χ1n) is 8.88. The summed E-state index contributed by atoms with van der Waals surface area (Å²) < 4.78 is 5.30. The summed E-state index contributed by atoms with van der Waals surface area (Å²) in [4.78, 5) is 15.9. The largest absolute Gasteiger partial charge is 0.497 e. The molecule has 3 rings (SSSR count). The summed E-state index contributed by atoms with van der Waals surface area (Å²) in [7, 11) is 1.68. The van der Waals surface area contributed by atoms with Gasteiger partial charge in [-0.25, -0.2) is 0 Å². The normalized spacial score (nSPS) is 14.9. The minimum absolute atomic E-state index is 0.0785. The number of methoxy groups -OCH3 is 1. The summed E-state index contributed by atoms with van der Waals surface area (Å²) in [5.41, 5.74) is 2.19. The smallest absolute Gasteiger partial charge is 0.275 e. The standard InChI is InChI=1S/C20H24ClN3O2/c1-26-19-7-3-6-18(13-19)24-10-8-23(9-11-24)15-20(25)22-14-16-4-2-5-17(21)12-16/h2-7,12-13H,8-11,14-15H2,1H3,(H,22,25)/p+1. The van der Waals surface area contributed by atoms with Crippen LogP contribution in [0.15, 0.2) is 48.5 Å². The Bertz CT molecular complexity index is 745. The lowest BCUT2D eigenvalue weighted by Gasteiger charge is -2.33. The number of amides is 1. The van der Waals surface area contributed by atoms with Gasteiger partial charge in [-0.05, 0) is 29.8 Å². The topological polar surface area (TPSA) is 46.0 Å². The van der Waals surface area contributed by atoms with Crippen LogP contribution in [0.2, 0.25) is 5.02 Å². The van der Waals surface area contributed by atoms with E-state index < -0.39 is 0 Å². The van der Waals surface area contributed by atoms with Gasteiger partial charge < -0.3 is 19.9 Å². The van der Waals surface area contributed by atoms with Gasteiger partial charge in [0, 0.05) is 23.3 Å². The molecule has 26 heavy (non-hydrogen) atoms. The molecule has 0 aliphatic carbocycles. The molecule has 0 bridgehead atoms. The Labute approximate surface area is 159 Å². The average Bonchev–Trinajstić information content (AvgIpc) is 2.67. The Morgan fingerprint density at radius 2 is 1.96 bits per heavy atom. The molecule has 2 N–H and O–H groups in total. The molecule has 5 nitrogen and oxygen atoms in total. The van der Waals surface area contributed by atoms with E-state index in [0.29, 0.717) is 18.1 Å². The summed E-state index contributed by atoms with van der Waals surface area (Å²) in [6.45, 7) is 4.78. The van der Waals surface area contributed by atoms with Crippen molar-refractivity contribution in [1.82, 2.24) is 5.32 Å². The van der Waals surface area contributed by atoms with Crippen molar-refractivity contribution in [3.05, 3.63) is 59.1 Å². The minimum Gasteiger partial charge on any atom is -0.497 e. The number of anilines is 1. The van der Waals surface area contributed by atoms with E-state index in [0.717, 1.165) is 37.5 Å². The van der Waals surface area contributed by atoms with Crippen LogP contribution in [0.1, 0.15) is 5.56 Å². The van der Waals surface area contributed by atoms with Crippen molar-refractivity contribution >= 4 is 23.2 Å². The first kappa shape index (κ1) is 18.5. The van der Waals surface area contributed by atoms with Crippen LogP contribution >= 0.6 is 11.6 Å². The Morgan fingerprint density at radius 1 is 1.19 bits per heavy atom. The molecule has 1 aliphatic rings. The number of nitrogens with zero attached hydrogens (tertiary/aromatic N) is 1. The van der Waals surface area contributed by atoms with Crippen LogP contribution in [-0.4, -0.2) is 45.7 Å². The van der Waals surface area contributed by atoms with E-state index in [9.17, 15) is 4.79 Å². The fraction of sp³-hybridized carbons (Fsp3) is 0.350. The molecule has 0 saturated carbocycles. The van der Waals surface area contributed by atoms with E-state index in [1.54, 1.807) is 7.11 Å². The van der Waals surface area contributed by atoms with Gasteiger partial charge in [-0.3, -0.25) is 4.79 Å². The van der Waals surface area contributed by atoms with Gasteiger partial charge in [-0.15, -0.1) is 0 Å². The van der Waals surface area contributed by atoms with Gasteiger partial charge in [0.05, 0.1) is 33.3 Å². The fourth-order valence-electron chi connectivity index (χ4n) is 3.20.